The Morgan fingerprint density at radius 1 is 1.41 bits per heavy atom. The van der Waals surface area contributed by atoms with Gasteiger partial charge in [0.05, 0.1) is 6.61 Å². The number of halogens is 3. The third-order valence-electron chi connectivity index (χ3n) is 1.82. The Labute approximate surface area is 106 Å². The standard InChI is InChI=1S/C11H12BrF2NO2/c1-6(2)5-17-15-11(16)10-8(13)3-7(12)4-9(10)14/h3-4,6H,5H2,1-2H3,(H,15,16). The Morgan fingerprint density at radius 3 is 2.41 bits per heavy atom. The van der Waals surface area contributed by atoms with Crippen LogP contribution in [0.2, 0.25) is 0 Å². The molecular weight excluding hydrogens is 296 g/mol. The highest BCUT2D eigenvalue weighted by atomic mass is 79.9. The highest BCUT2D eigenvalue weighted by Crippen LogP contribution is 2.19. The molecule has 1 rings (SSSR count). The van der Waals surface area contributed by atoms with Gasteiger partial charge in [-0.05, 0) is 18.1 Å². The van der Waals surface area contributed by atoms with Crippen LogP contribution in [-0.2, 0) is 4.84 Å². The molecule has 0 aliphatic carbocycles. The minimum absolute atomic E-state index is 0.204. The molecule has 1 N–H and O–H groups in total. The molecule has 0 bridgehead atoms. The molecule has 0 fully saturated rings. The largest absolute Gasteiger partial charge is 0.280 e. The molecule has 0 saturated heterocycles. The van der Waals surface area contributed by atoms with E-state index in [0.29, 0.717) is 0 Å². The van der Waals surface area contributed by atoms with Gasteiger partial charge in [0, 0.05) is 4.47 Å². The van der Waals surface area contributed by atoms with Crippen LogP contribution in [0, 0.1) is 17.6 Å². The molecule has 0 unspecified atom stereocenters. The number of hydrogen-bond donors (Lipinski definition) is 1. The van der Waals surface area contributed by atoms with Crippen molar-refractivity contribution in [3.05, 3.63) is 33.8 Å². The normalized spacial score (nSPS) is 10.7. The topological polar surface area (TPSA) is 38.3 Å². The zero-order chi connectivity index (χ0) is 13.0. The Hall–Kier alpha value is -1.01. The molecule has 3 nitrogen and oxygen atoms in total. The first-order chi connectivity index (χ1) is 7.91. The summed E-state index contributed by atoms with van der Waals surface area (Å²) in [5.41, 5.74) is 1.34. The molecule has 94 valence electrons. The van der Waals surface area contributed by atoms with Gasteiger partial charge in [-0.3, -0.25) is 9.63 Å². The second kappa shape index (κ2) is 6.07. The van der Waals surface area contributed by atoms with E-state index in [1.165, 1.54) is 0 Å². The number of amides is 1. The molecule has 17 heavy (non-hydrogen) atoms. The van der Waals surface area contributed by atoms with E-state index >= 15 is 0 Å². The van der Waals surface area contributed by atoms with Crippen molar-refractivity contribution in [1.29, 1.82) is 0 Å². The summed E-state index contributed by atoms with van der Waals surface area (Å²) in [5, 5.41) is 0. The summed E-state index contributed by atoms with van der Waals surface area (Å²) in [7, 11) is 0. The molecular formula is C11H12BrF2NO2. The van der Waals surface area contributed by atoms with Crippen LogP contribution in [0.15, 0.2) is 16.6 Å². The first-order valence-corrected chi connectivity index (χ1v) is 5.77. The minimum atomic E-state index is -0.942. The highest BCUT2D eigenvalue weighted by molar-refractivity contribution is 9.10. The van der Waals surface area contributed by atoms with Crippen LogP contribution in [0.25, 0.3) is 0 Å². The van der Waals surface area contributed by atoms with Crippen LogP contribution in [0.3, 0.4) is 0 Å². The van der Waals surface area contributed by atoms with Crippen molar-refractivity contribution in [2.24, 2.45) is 5.92 Å². The van der Waals surface area contributed by atoms with E-state index in [9.17, 15) is 13.6 Å². The Kier molecular flexibility index (Phi) is 5.02. The number of hydrogen-bond acceptors (Lipinski definition) is 2. The fourth-order valence-corrected chi connectivity index (χ4v) is 1.49. The molecule has 0 saturated carbocycles. The summed E-state index contributed by atoms with van der Waals surface area (Å²) < 4.78 is 27.0. The maximum absolute atomic E-state index is 13.4. The van der Waals surface area contributed by atoms with E-state index in [0.717, 1.165) is 12.1 Å². The summed E-state index contributed by atoms with van der Waals surface area (Å²) in [5.74, 6) is -2.62. The SMILES string of the molecule is CC(C)CONC(=O)c1c(F)cc(Br)cc1F. The van der Waals surface area contributed by atoms with Crippen molar-refractivity contribution >= 4 is 21.8 Å². The van der Waals surface area contributed by atoms with E-state index in [1.807, 2.05) is 19.3 Å². The lowest BCUT2D eigenvalue weighted by Gasteiger charge is -2.09. The molecule has 0 aromatic heterocycles. The zero-order valence-corrected chi connectivity index (χ0v) is 11.0. The molecule has 1 aromatic rings. The fraction of sp³-hybridized carbons (Fsp3) is 0.364. The number of rotatable bonds is 4. The highest BCUT2D eigenvalue weighted by Gasteiger charge is 2.18. The van der Waals surface area contributed by atoms with Gasteiger partial charge in [0.25, 0.3) is 5.91 Å². The average Bonchev–Trinajstić information content (AvgIpc) is 2.14. The smallest absolute Gasteiger partial charge is 0.273 e. The Morgan fingerprint density at radius 2 is 1.94 bits per heavy atom. The molecule has 0 heterocycles. The lowest BCUT2D eigenvalue weighted by molar-refractivity contribution is 0.0202. The molecule has 6 heteroatoms. The van der Waals surface area contributed by atoms with Gasteiger partial charge in [0.1, 0.15) is 17.2 Å². The first-order valence-electron chi connectivity index (χ1n) is 4.98. The van der Waals surface area contributed by atoms with E-state index in [4.69, 9.17) is 4.84 Å². The summed E-state index contributed by atoms with van der Waals surface area (Å²) in [6.45, 7) is 4.03. The quantitative estimate of drug-likeness (QED) is 0.868. The van der Waals surface area contributed by atoms with Gasteiger partial charge in [-0.15, -0.1) is 0 Å². The number of hydroxylamine groups is 1. The Bertz CT molecular complexity index is 401. The number of carbonyl (C=O) groups excluding carboxylic acids is 1. The molecule has 0 aliphatic rings. The van der Waals surface area contributed by atoms with Crippen LogP contribution in [-0.4, -0.2) is 12.5 Å². The number of benzene rings is 1. The van der Waals surface area contributed by atoms with E-state index in [2.05, 4.69) is 15.9 Å². The number of carbonyl (C=O) groups is 1. The molecule has 1 amide bonds. The summed E-state index contributed by atoms with van der Waals surface area (Å²) in [6.07, 6.45) is 0. The molecule has 1 aromatic carbocycles. The van der Waals surface area contributed by atoms with Crippen molar-refractivity contribution in [2.45, 2.75) is 13.8 Å². The second-order valence-corrected chi connectivity index (χ2v) is 4.80. The maximum Gasteiger partial charge on any atom is 0.280 e. The summed E-state index contributed by atoms with van der Waals surface area (Å²) >= 11 is 2.92. The zero-order valence-electron chi connectivity index (χ0n) is 9.39. The van der Waals surface area contributed by atoms with Gasteiger partial charge in [-0.25, -0.2) is 14.3 Å². The van der Waals surface area contributed by atoms with Crippen LogP contribution >= 0.6 is 15.9 Å². The monoisotopic (exact) mass is 307 g/mol. The third-order valence-corrected chi connectivity index (χ3v) is 2.27. The van der Waals surface area contributed by atoms with E-state index in [1.54, 1.807) is 0 Å². The van der Waals surface area contributed by atoms with Crippen molar-refractivity contribution in [2.75, 3.05) is 6.61 Å². The number of nitrogens with one attached hydrogen (secondary N) is 1. The first kappa shape index (κ1) is 14.1. The average molecular weight is 308 g/mol. The van der Waals surface area contributed by atoms with Crippen LogP contribution < -0.4 is 5.48 Å². The molecule has 0 atom stereocenters. The molecule has 0 aliphatic heterocycles. The van der Waals surface area contributed by atoms with Crippen LogP contribution in [0.4, 0.5) is 8.78 Å². The summed E-state index contributed by atoms with van der Waals surface area (Å²) in [6, 6.07) is 2.03. The fourth-order valence-electron chi connectivity index (χ4n) is 1.08. The van der Waals surface area contributed by atoms with Gasteiger partial charge < -0.3 is 0 Å². The minimum Gasteiger partial charge on any atom is -0.273 e. The Balaban J connectivity index is 2.76. The van der Waals surface area contributed by atoms with Gasteiger partial charge in [0.15, 0.2) is 0 Å². The van der Waals surface area contributed by atoms with Gasteiger partial charge in [0.2, 0.25) is 0 Å². The predicted molar refractivity (Wildman–Crippen MR) is 62.3 cm³/mol. The maximum atomic E-state index is 13.4. The predicted octanol–water partition coefficient (Wildman–Crippen LogP) is 3.04. The lowest BCUT2D eigenvalue weighted by Crippen LogP contribution is -2.27. The van der Waals surface area contributed by atoms with Gasteiger partial charge in [-0.2, -0.15) is 0 Å². The molecule has 0 radical (unpaired) electrons. The lowest BCUT2D eigenvalue weighted by atomic mass is 10.2. The van der Waals surface area contributed by atoms with Crippen LogP contribution in [0.1, 0.15) is 24.2 Å². The van der Waals surface area contributed by atoms with Crippen molar-refractivity contribution < 1.29 is 18.4 Å². The third kappa shape index (κ3) is 4.05. The van der Waals surface area contributed by atoms with Crippen LogP contribution in [0.5, 0.6) is 0 Å². The van der Waals surface area contributed by atoms with E-state index < -0.39 is 23.1 Å². The second-order valence-electron chi connectivity index (χ2n) is 3.88. The summed E-state index contributed by atoms with van der Waals surface area (Å²) in [4.78, 5) is 16.3. The van der Waals surface area contributed by atoms with Gasteiger partial charge >= 0.3 is 0 Å². The van der Waals surface area contributed by atoms with E-state index in [-0.39, 0.29) is 17.0 Å². The van der Waals surface area contributed by atoms with Gasteiger partial charge in [-0.1, -0.05) is 29.8 Å². The van der Waals surface area contributed by atoms with Crippen molar-refractivity contribution in [3.63, 3.8) is 0 Å². The van der Waals surface area contributed by atoms with Crippen molar-refractivity contribution in [3.8, 4) is 0 Å². The van der Waals surface area contributed by atoms with Crippen molar-refractivity contribution in [1.82, 2.24) is 5.48 Å². The molecule has 0 spiro atoms.